The number of aliphatic carboxylic acids is 1. The van der Waals surface area contributed by atoms with Gasteiger partial charge in [0.05, 0.1) is 6.54 Å². The number of hydrogen-bond acceptors (Lipinski definition) is 4. The van der Waals surface area contributed by atoms with Crippen molar-refractivity contribution in [3.63, 3.8) is 0 Å². The highest BCUT2D eigenvalue weighted by atomic mass is 16.4. The second-order valence-electron chi connectivity index (χ2n) is 5.02. The van der Waals surface area contributed by atoms with Gasteiger partial charge in [-0.3, -0.25) is 9.89 Å². The third-order valence-electron chi connectivity index (χ3n) is 3.37. The van der Waals surface area contributed by atoms with Crippen LogP contribution in [0.25, 0.3) is 0 Å². The molecule has 0 aliphatic rings. The van der Waals surface area contributed by atoms with E-state index >= 15 is 0 Å². The number of aromatic amines is 1. The lowest BCUT2D eigenvalue weighted by molar-refractivity contribution is -0.137. The average Bonchev–Trinajstić information content (AvgIpc) is 2.94. The number of urea groups is 1. The number of carboxylic acid groups (broad SMARTS) is 1. The lowest BCUT2D eigenvalue weighted by atomic mass is 9.97. The Morgan fingerprint density at radius 2 is 2.24 bits per heavy atom. The molecule has 0 radical (unpaired) electrons. The molecule has 0 aliphatic heterocycles. The number of carbonyl (C=O) groups is 2. The Morgan fingerprint density at radius 3 is 2.81 bits per heavy atom. The van der Waals surface area contributed by atoms with Gasteiger partial charge in [-0.2, -0.15) is 5.10 Å². The van der Waals surface area contributed by atoms with Gasteiger partial charge in [0.15, 0.2) is 0 Å². The van der Waals surface area contributed by atoms with Gasteiger partial charge in [0, 0.05) is 20.0 Å². The SMILES string of the molecule is CCC(CCNC(=O)N(C)Cc1ncn[nH]1)CCC(=O)O. The molecule has 0 aromatic carbocycles. The number of rotatable bonds is 9. The van der Waals surface area contributed by atoms with Crippen molar-refractivity contribution in [2.75, 3.05) is 13.6 Å². The summed E-state index contributed by atoms with van der Waals surface area (Å²) in [6.07, 6.45) is 3.92. The Bertz CT molecular complexity index is 435. The summed E-state index contributed by atoms with van der Waals surface area (Å²) < 4.78 is 0. The number of nitrogens with zero attached hydrogens (tertiary/aromatic N) is 3. The molecule has 1 rings (SSSR count). The Kier molecular flexibility index (Phi) is 7.20. The molecule has 0 aliphatic carbocycles. The highest BCUT2D eigenvalue weighted by molar-refractivity contribution is 5.73. The van der Waals surface area contributed by atoms with Gasteiger partial charge < -0.3 is 15.3 Å². The van der Waals surface area contributed by atoms with Crippen LogP contribution >= 0.6 is 0 Å². The Hall–Kier alpha value is -2.12. The van der Waals surface area contributed by atoms with E-state index in [1.54, 1.807) is 7.05 Å². The molecule has 8 heteroatoms. The van der Waals surface area contributed by atoms with Crippen LogP contribution in [-0.4, -0.2) is 50.8 Å². The summed E-state index contributed by atoms with van der Waals surface area (Å²) in [6, 6.07) is -0.181. The normalized spacial score (nSPS) is 11.9. The highest BCUT2D eigenvalue weighted by Crippen LogP contribution is 2.14. The maximum atomic E-state index is 11.9. The molecule has 0 saturated heterocycles. The molecular formula is C13H23N5O3. The Labute approximate surface area is 123 Å². The fraction of sp³-hybridized carbons (Fsp3) is 0.692. The molecule has 3 N–H and O–H groups in total. The van der Waals surface area contributed by atoms with Gasteiger partial charge in [-0.15, -0.1) is 0 Å². The van der Waals surface area contributed by atoms with Gasteiger partial charge in [-0.25, -0.2) is 9.78 Å². The molecule has 0 saturated carbocycles. The lowest BCUT2D eigenvalue weighted by Crippen LogP contribution is -2.38. The fourth-order valence-electron chi connectivity index (χ4n) is 2.00. The van der Waals surface area contributed by atoms with E-state index in [4.69, 9.17) is 5.11 Å². The van der Waals surface area contributed by atoms with Crippen molar-refractivity contribution in [2.45, 2.75) is 39.2 Å². The van der Waals surface area contributed by atoms with Crippen molar-refractivity contribution in [2.24, 2.45) is 5.92 Å². The summed E-state index contributed by atoms with van der Waals surface area (Å²) in [5.74, 6) is 0.172. The molecule has 8 nitrogen and oxygen atoms in total. The second kappa shape index (κ2) is 8.93. The first kappa shape index (κ1) is 16.9. The first-order chi connectivity index (χ1) is 10.0. The predicted octanol–water partition coefficient (Wildman–Crippen LogP) is 1.23. The number of H-pyrrole nitrogens is 1. The van der Waals surface area contributed by atoms with Crippen LogP contribution in [0.3, 0.4) is 0 Å². The van der Waals surface area contributed by atoms with E-state index in [1.807, 2.05) is 6.92 Å². The molecule has 1 unspecified atom stereocenters. The van der Waals surface area contributed by atoms with Gasteiger partial charge >= 0.3 is 12.0 Å². The third-order valence-corrected chi connectivity index (χ3v) is 3.37. The van der Waals surface area contributed by atoms with Crippen molar-refractivity contribution in [1.82, 2.24) is 25.4 Å². The summed E-state index contributed by atoms with van der Waals surface area (Å²) in [6.45, 7) is 2.93. The predicted molar refractivity (Wildman–Crippen MR) is 76.5 cm³/mol. The first-order valence-corrected chi connectivity index (χ1v) is 7.08. The van der Waals surface area contributed by atoms with E-state index in [0.29, 0.717) is 31.3 Å². The first-order valence-electron chi connectivity index (χ1n) is 7.08. The quantitative estimate of drug-likeness (QED) is 0.634. The Balaban J connectivity index is 2.23. The summed E-state index contributed by atoms with van der Waals surface area (Å²) in [4.78, 5) is 27.9. The van der Waals surface area contributed by atoms with E-state index in [2.05, 4.69) is 20.5 Å². The number of amides is 2. The standard InChI is InChI=1S/C13H23N5O3/c1-3-10(4-5-12(19)20)6-7-14-13(21)18(2)8-11-15-9-16-17-11/h9-10H,3-8H2,1-2H3,(H,14,21)(H,19,20)(H,15,16,17). The number of carbonyl (C=O) groups excluding carboxylic acids is 1. The third kappa shape index (κ3) is 6.73. The minimum atomic E-state index is -0.774. The molecule has 0 bridgehead atoms. The van der Waals surface area contributed by atoms with E-state index in [0.717, 1.165) is 12.8 Å². The van der Waals surface area contributed by atoms with Crippen molar-refractivity contribution in [3.8, 4) is 0 Å². The summed E-state index contributed by atoms with van der Waals surface area (Å²) in [7, 11) is 1.68. The van der Waals surface area contributed by atoms with Crippen LogP contribution in [0.2, 0.25) is 0 Å². The van der Waals surface area contributed by atoms with E-state index in [-0.39, 0.29) is 12.5 Å². The van der Waals surface area contributed by atoms with Gasteiger partial charge in [0.25, 0.3) is 0 Å². The van der Waals surface area contributed by atoms with E-state index in [1.165, 1.54) is 11.2 Å². The summed E-state index contributed by atoms with van der Waals surface area (Å²) in [5.41, 5.74) is 0. The topological polar surface area (TPSA) is 111 Å². The second-order valence-corrected chi connectivity index (χ2v) is 5.02. The highest BCUT2D eigenvalue weighted by Gasteiger charge is 2.12. The zero-order valence-electron chi connectivity index (χ0n) is 12.5. The van der Waals surface area contributed by atoms with Crippen LogP contribution in [0.4, 0.5) is 4.79 Å². The average molecular weight is 297 g/mol. The maximum absolute atomic E-state index is 11.9. The molecule has 0 fully saturated rings. The Morgan fingerprint density at radius 1 is 1.48 bits per heavy atom. The molecule has 0 spiro atoms. The van der Waals surface area contributed by atoms with Gasteiger partial charge in [0.1, 0.15) is 12.2 Å². The minimum absolute atomic E-state index is 0.178. The molecule has 21 heavy (non-hydrogen) atoms. The molecule has 1 atom stereocenters. The van der Waals surface area contributed by atoms with Crippen LogP contribution < -0.4 is 5.32 Å². The number of hydrogen-bond donors (Lipinski definition) is 3. The van der Waals surface area contributed by atoms with Gasteiger partial charge in [0.2, 0.25) is 0 Å². The number of aromatic nitrogens is 3. The van der Waals surface area contributed by atoms with Crippen LogP contribution in [0.15, 0.2) is 6.33 Å². The summed E-state index contributed by atoms with van der Waals surface area (Å²) in [5, 5.41) is 17.9. The molecule has 1 aromatic heterocycles. The van der Waals surface area contributed by atoms with Crippen molar-refractivity contribution >= 4 is 12.0 Å². The van der Waals surface area contributed by atoms with Crippen LogP contribution in [0.1, 0.15) is 38.4 Å². The van der Waals surface area contributed by atoms with E-state index < -0.39 is 5.97 Å². The van der Waals surface area contributed by atoms with Crippen molar-refractivity contribution in [3.05, 3.63) is 12.2 Å². The largest absolute Gasteiger partial charge is 0.481 e. The maximum Gasteiger partial charge on any atom is 0.317 e. The van der Waals surface area contributed by atoms with Crippen LogP contribution in [0, 0.1) is 5.92 Å². The van der Waals surface area contributed by atoms with Crippen molar-refractivity contribution < 1.29 is 14.7 Å². The number of carboxylic acids is 1. The lowest BCUT2D eigenvalue weighted by Gasteiger charge is -2.18. The zero-order valence-corrected chi connectivity index (χ0v) is 12.5. The smallest absolute Gasteiger partial charge is 0.317 e. The van der Waals surface area contributed by atoms with Crippen LogP contribution in [-0.2, 0) is 11.3 Å². The molecule has 118 valence electrons. The van der Waals surface area contributed by atoms with Gasteiger partial charge in [-0.05, 0) is 18.8 Å². The summed E-state index contributed by atoms with van der Waals surface area (Å²) >= 11 is 0. The zero-order chi connectivity index (χ0) is 15.7. The fourth-order valence-corrected chi connectivity index (χ4v) is 2.00. The molecule has 1 heterocycles. The van der Waals surface area contributed by atoms with Crippen molar-refractivity contribution in [1.29, 1.82) is 0 Å². The molecule has 2 amide bonds. The monoisotopic (exact) mass is 297 g/mol. The minimum Gasteiger partial charge on any atom is -0.481 e. The number of nitrogens with one attached hydrogen (secondary N) is 2. The van der Waals surface area contributed by atoms with Gasteiger partial charge in [-0.1, -0.05) is 13.3 Å². The molecular weight excluding hydrogens is 274 g/mol. The van der Waals surface area contributed by atoms with Crippen LogP contribution in [0.5, 0.6) is 0 Å². The van der Waals surface area contributed by atoms with E-state index in [9.17, 15) is 9.59 Å². The molecule has 1 aromatic rings.